The molecular weight excluding hydrogens is 373 g/mol. The molecular formula is C17H12Cl3NO3. The number of halogens is 3. The second kappa shape index (κ2) is 6.63. The summed E-state index contributed by atoms with van der Waals surface area (Å²) in [6, 6.07) is 8.68. The van der Waals surface area contributed by atoms with E-state index < -0.39 is 5.97 Å². The van der Waals surface area contributed by atoms with Gasteiger partial charge in [0, 0.05) is 23.7 Å². The van der Waals surface area contributed by atoms with E-state index in [1.807, 2.05) is 12.1 Å². The molecule has 0 unspecified atom stereocenters. The zero-order chi connectivity index (χ0) is 17.4. The third-order valence-electron chi connectivity index (χ3n) is 3.95. The number of nitrogens with zero attached hydrogens (tertiary/aromatic N) is 1. The molecule has 0 saturated carbocycles. The Balaban J connectivity index is 1.95. The van der Waals surface area contributed by atoms with E-state index >= 15 is 0 Å². The van der Waals surface area contributed by atoms with Crippen molar-refractivity contribution >= 4 is 46.7 Å². The van der Waals surface area contributed by atoms with Crippen molar-refractivity contribution in [2.75, 3.05) is 6.54 Å². The van der Waals surface area contributed by atoms with Crippen molar-refractivity contribution in [3.05, 3.63) is 67.7 Å². The van der Waals surface area contributed by atoms with E-state index in [0.717, 1.165) is 5.56 Å². The molecule has 3 rings (SSSR count). The van der Waals surface area contributed by atoms with Gasteiger partial charge < -0.3 is 10.0 Å². The Hall–Kier alpha value is -1.75. The lowest BCUT2D eigenvalue weighted by molar-refractivity contribution is 0.0690. The Morgan fingerprint density at radius 1 is 1.21 bits per heavy atom. The lowest BCUT2D eigenvalue weighted by atomic mass is 9.95. The number of rotatable bonds is 3. The lowest BCUT2D eigenvalue weighted by Crippen LogP contribution is -2.37. The molecule has 2 aromatic carbocycles. The molecule has 0 aromatic heterocycles. The Bertz CT molecular complexity index is 851. The summed E-state index contributed by atoms with van der Waals surface area (Å²) in [5.41, 5.74) is 1.64. The number of hydrogen-bond donors (Lipinski definition) is 1. The molecule has 1 amide bonds. The average Bonchev–Trinajstić information content (AvgIpc) is 2.50. The topological polar surface area (TPSA) is 57.6 Å². The first-order chi connectivity index (χ1) is 11.4. The fraction of sp³-hybridized carbons (Fsp3) is 0.176. The number of aromatic carboxylic acids is 1. The minimum Gasteiger partial charge on any atom is -0.478 e. The van der Waals surface area contributed by atoms with Crippen molar-refractivity contribution in [2.24, 2.45) is 0 Å². The van der Waals surface area contributed by atoms with E-state index in [1.165, 1.54) is 6.07 Å². The third kappa shape index (κ3) is 3.09. The van der Waals surface area contributed by atoms with Crippen LogP contribution in [-0.2, 0) is 13.0 Å². The zero-order valence-corrected chi connectivity index (χ0v) is 14.6. The average molecular weight is 385 g/mol. The molecule has 2 aromatic rings. The molecule has 0 radical (unpaired) electrons. The first-order valence-electron chi connectivity index (χ1n) is 7.16. The van der Waals surface area contributed by atoms with Gasteiger partial charge in [-0.1, -0.05) is 46.9 Å². The number of hydrogen-bond acceptors (Lipinski definition) is 2. The molecule has 0 spiro atoms. The largest absolute Gasteiger partial charge is 0.478 e. The summed E-state index contributed by atoms with van der Waals surface area (Å²) in [7, 11) is 0. The van der Waals surface area contributed by atoms with Crippen molar-refractivity contribution in [3.8, 4) is 0 Å². The number of carbonyl (C=O) groups is 2. The minimum absolute atomic E-state index is 0.0378. The summed E-state index contributed by atoms with van der Waals surface area (Å²) in [5.74, 6) is -1.43. The van der Waals surface area contributed by atoms with Gasteiger partial charge in [-0.2, -0.15) is 0 Å². The van der Waals surface area contributed by atoms with Crippen molar-refractivity contribution in [1.29, 1.82) is 0 Å². The smallest absolute Gasteiger partial charge is 0.338 e. The molecule has 1 aliphatic rings. The summed E-state index contributed by atoms with van der Waals surface area (Å²) < 4.78 is 0. The van der Waals surface area contributed by atoms with Gasteiger partial charge in [-0.15, -0.1) is 0 Å². The number of carbonyl (C=O) groups excluding carboxylic acids is 1. The van der Waals surface area contributed by atoms with Gasteiger partial charge in [-0.3, -0.25) is 4.79 Å². The standard InChI is InChI=1S/C17H12Cl3NO3/c18-10-3-1-2-9(6-10)8-21-5-4-11-12(16(21)22)7-13(19)14(15(11)20)17(23)24/h1-3,6-7H,4-5,8H2,(H,23,24). The Morgan fingerprint density at radius 2 is 1.96 bits per heavy atom. The third-order valence-corrected chi connectivity index (χ3v) is 4.90. The molecule has 4 nitrogen and oxygen atoms in total. The molecule has 1 N–H and O–H groups in total. The van der Waals surface area contributed by atoms with Crippen LogP contribution in [0.4, 0.5) is 0 Å². The quantitative estimate of drug-likeness (QED) is 0.845. The van der Waals surface area contributed by atoms with Crippen LogP contribution in [0.1, 0.15) is 31.8 Å². The van der Waals surface area contributed by atoms with Crippen molar-refractivity contribution < 1.29 is 14.7 Å². The highest BCUT2D eigenvalue weighted by atomic mass is 35.5. The number of amides is 1. The van der Waals surface area contributed by atoms with Crippen LogP contribution in [0.15, 0.2) is 30.3 Å². The van der Waals surface area contributed by atoms with Gasteiger partial charge in [0.1, 0.15) is 0 Å². The molecule has 0 aliphatic carbocycles. The SMILES string of the molecule is O=C(O)c1c(Cl)cc2c(c1Cl)CCN(Cc1cccc(Cl)c1)C2=O. The maximum absolute atomic E-state index is 12.7. The maximum atomic E-state index is 12.7. The number of carboxylic acid groups (broad SMARTS) is 1. The Morgan fingerprint density at radius 3 is 2.62 bits per heavy atom. The minimum atomic E-state index is -1.21. The van der Waals surface area contributed by atoms with Crippen LogP contribution in [0.3, 0.4) is 0 Å². The number of fused-ring (bicyclic) bond motifs is 1. The first kappa shape index (κ1) is 17.1. The highest BCUT2D eigenvalue weighted by molar-refractivity contribution is 6.40. The normalized spacial score (nSPS) is 13.8. The maximum Gasteiger partial charge on any atom is 0.338 e. The van der Waals surface area contributed by atoms with Gasteiger partial charge >= 0.3 is 5.97 Å². The summed E-state index contributed by atoms with van der Waals surface area (Å²) >= 11 is 18.1. The summed E-state index contributed by atoms with van der Waals surface area (Å²) in [4.78, 5) is 25.7. The summed E-state index contributed by atoms with van der Waals surface area (Å²) in [6.45, 7) is 0.855. The van der Waals surface area contributed by atoms with Gasteiger partial charge in [0.2, 0.25) is 0 Å². The summed E-state index contributed by atoms with van der Waals surface area (Å²) in [6.07, 6.45) is 0.470. The van der Waals surface area contributed by atoms with Crippen LogP contribution in [0.2, 0.25) is 15.1 Å². The molecule has 0 fully saturated rings. The number of benzene rings is 2. The highest BCUT2D eigenvalue weighted by Crippen LogP contribution is 2.34. The van der Waals surface area contributed by atoms with E-state index in [0.29, 0.717) is 35.7 Å². The lowest BCUT2D eigenvalue weighted by Gasteiger charge is -2.30. The van der Waals surface area contributed by atoms with E-state index in [4.69, 9.17) is 34.8 Å². The number of carboxylic acids is 1. The van der Waals surface area contributed by atoms with Gasteiger partial charge in [-0.05, 0) is 35.7 Å². The van der Waals surface area contributed by atoms with Gasteiger partial charge in [-0.25, -0.2) is 4.79 Å². The van der Waals surface area contributed by atoms with E-state index in [9.17, 15) is 14.7 Å². The molecule has 1 heterocycles. The summed E-state index contributed by atoms with van der Waals surface area (Å²) in [5, 5.41) is 9.82. The molecule has 0 bridgehead atoms. The van der Waals surface area contributed by atoms with Crippen LogP contribution in [0, 0.1) is 0 Å². The van der Waals surface area contributed by atoms with Crippen LogP contribution < -0.4 is 0 Å². The molecule has 1 aliphatic heterocycles. The van der Waals surface area contributed by atoms with Crippen molar-refractivity contribution in [3.63, 3.8) is 0 Å². The Labute approximate surface area is 153 Å². The Kier molecular flexibility index (Phi) is 4.72. The van der Waals surface area contributed by atoms with Crippen LogP contribution >= 0.6 is 34.8 Å². The molecule has 7 heteroatoms. The fourth-order valence-electron chi connectivity index (χ4n) is 2.82. The monoisotopic (exact) mass is 383 g/mol. The van der Waals surface area contributed by atoms with Gasteiger partial charge in [0.05, 0.1) is 15.6 Å². The second-order valence-corrected chi connectivity index (χ2v) is 6.71. The molecule has 0 saturated heterocycles. The zero-order valence-electron chi connectivity index (χ0n) is 12.4. The predicted octanol–water partition coefficient (Wildman–Crippen LogP) is 4.54. The highest BCUT2D eigenvalue weighted by Gasteiger charge is 2.30. The van der Waals surface area contributed by atoms with Crippen LogP contribution in [0.25, 0.3) is 0 Å². The van der Waals surface area contributed by atoms with E-state index in [-0.39, 0.29) is 21.5 Å². The molecule has 24 heavy (non-hydrogen) atoms. The second-order valence-electron chi connectivity index (χ2n) is 5.49. The molecule has 124 valence electrons. The van der Waals surface area contributed by atoms with E-state index in [1.54, 1.807) is 17.0 Å². The van der Waals surface area contributed by atoms with Crippen LogP contribution in [0.5, 0.6) is 0 Å². The van der Waals surface area contributed by atoms with Crippen molar-refractivity contribution in [1.82, 2.24) is 4.90 Å². The molecule has 0 atom stereocenters. The fourth-order valence-corrected chi connectivity index (χ4v) is 3.74. The van der Waals surface area contributed by atoms with Crippen molar-refractivity contribution in [2.45, 2.75) is 13.0 Å². The van der Waals surface area contributed by atoms with E-state index in [2.05, 4.69) is 0 Å². The predicted molar refractivity (Wildman–Crippen MR) is 93.3 cm³/mol. The van der Waals surface area contributed by atoms with Gasteiger partial charge in [0.15, 0.2) is 0 Å². The van der Waals surface area contributed by atoms with Gasteiger partial charge in [0.25, 0.3) is 5.91 Å². The first-order valence-corrected chi connectivity index (χ1v) is 8.29. The van der Waals surface area contributed by atoms with Crippen LogP contribution in [-0.4, -0.2) is 28.4 Å².